The zero-order valence-electron chi connectivity index (χ0n) is 9.24. The van der Waals surface area contributed by atoms with E-state index in [1.54, 1.807) is 12.1 Å². The Morgan fingerprint density at radius 1 is 1.56 bits per heavy atom. The van der Waals surface area contributed by atoms with Gasteiger partial charge in [-0.1, -0.05) is 17.7 Å². The third-order valence-corrected chi connectivity index (χ3v) is 3.14. The first-order valence-electron chi connectivity index (χ1n) is 5.43. The maximum absolute atomic E-state index is 10.2. The minimum Gasteiger partial charge on any atom is -0.486 e. The van der Waals surface area contributed by atoms with E-state index in [1.165, 1.54) is 0 Å². The van der Waals surface area contributed by atoms with Crippen molar-refractivity contribution in [2.45, 2.75) is 25.0 Å². The van der Waals surface area contributed by atoms with Gasteiger partial charge in [0.05, 0.1) is 0 Å². The van der Waals surface area contributed by atoms with Crippen molar-refractivity contribution < 1.29 is 9.84 Å². The molecule has 1 aromatic rings. The third-order valence-electron chi connectivity index (χ3n) is 2.91. The summed E-state index contributed by atoms with van der Waals surface area (Å²) >= 11 is 5.88. The standard InChI is InChI=1S/C12H16ClNO2/c1-12(15)5-6-14-8-11(12)16-10-4-2-3-9(13)7-10/h2-4,7,11,14-15H,5-6,8H2,1H3/t11-,12-/m0/s1. The van der Waals surface area contributed by atoms with Crippen LogP contribution in [0.15, 0.2) is 24.3 Å². The van der Waals surface area contributed by atoms with E-state index in [9.17, 15) is 5.11 Å². The molecule has 1 fully saturated rings. The van der Waals surface area contributed by atoms with E-state index in [1.807, 2.05) is 19.1 Å². The summed E-state index contributed by atoms with van der Waals surface area (Å²) in [5, 5.41) is 14.0. The molecule has 1 aliphatic heterocycles. The number of aliphatic hydroxyl groups is 1. The van der Waals surface area contributed by atoms with Gasteiger partial charge in [-0.3, -0.25) is 0 Å². The van der Waals surface area contributed by atoms with E-state index >= 15 is 0 Å². The molecule has 4 heteroatoms. The van der Waals surface area contributed by atoms with Gasteiger partial charge in [0.2, 0.25) is 0 Å². The molecule has 0 bridgehead atoms. The number of rotatable bonds is 2. The van der Waals surface area contributed by atoms with E-state index in [0.29, 0.717) is 23.7 Å². The fourth-order valence-corrected chi connectivity index (χ4v) is 2.01. The van der Waals surface area contributed by atoms with Gasteiger partial charge in [0.25, 0.3) is 0 Å². The maximum atomic E-state index is 10.2. The van der Waals surface area contributed by atoms with Gasteiger partial charge in [0.15, 0.2) is 0 Å². The van der Waals surface area contributed by atoms with Gasteiger partial charge in [-0.15, -0.1) is 0 Å². The predicted molar refractivity (Wildman–Crippen MR) is 64.0 cm³/mol. The predicted octanol–water partition coefficient (Wildman–Crippen LogP) is 1.83. The van der Waals surface area contributed by atoms with Crippen molar-refractivity contribution in [3.8, 4) is 5.75 Å². The highest BCUT2D eigenvalue weighted by Crippen LogP contribution is 2.25. The van der Waals surface area contributed by atoms with Crippen molar-refractivity contribution in [2.75, 3.05) is 13.1 Å². The molecular formula is C12H16ClNO2. The molecule has 2 atom stereocenters. The highest BCUT2D eigenvalue weighted by atomic mass is 35.5. The summed E-state index contributed by atoms with van der Waals surface area (Å²) in [4.78, 5) is 0. The van der Waals surface area contributed by atoms with E-state index < -0.39 is 5.60 Å². The average Bonchev–Trinajstić information content (AvgIpc) is 2.21. The number of piperidine rings is 1. The first kappa shape index (κ1) is 11.7. The topological polar surface area (TPSA) is 41.5 Å². The summed E-state index contributed by atoms with van der Waals surface area (Å²) in [5.74, 6) is 0.696. The molecule has 0 unspecified atom stereocenters. The van der Waals surface area contributed by atoms with Gasteiger partial charge in [-0.2, -0.15) is 0 Å². The molecule has 0 radical (unpaired) electrons. The zero-order valence-corrected chi connectivity index (χ0v) is 10.00. The highest BCUT2D eigenvalue weighted by Gasteiger charge is 2.36. The van der Waals surface area contributed by atoms with Gasteiger partial charge < -0.3 is 15.2 Å². The normalized spacial score (nSPS) is 30.1. The summed E-state index contributed by atoms with van der Waals surface area (Å²) in [7, 11) is 0. The lowest BCUT2D eigenvalue weighted by Crippen LogP contribution is -2.54. The quantitative estimate of drug-likeness (QED) is 0.830. The minimum absolute atomic E-state index is 0.236. The molecule has 2 rings (SSSR count). The molecule has 0 spiro atoms. The fourth-order valence-electron chi connectivity index (χ4n) is 1.83. The lowest BCUT2D eigenvalue weighted by molar-refractivity contribution is -0.0657. The number of ether oxygens (including phenoxy) is 1. The Morgan fingerprint density at radius 2 is 2.38 bits per heavy atom. The second-order valence-electron chi connectivity index (χ2n) is 4.38. The van der Waals surface area contributed by atoms with Crippen molar-refractivity contribution in [3.05, 3.63) is 29.3 Å². The molecule has 1 saturated heterocycles. The van der Waals surface area contributed by atoms with Crippen LogP contribution >= 0.6 is 11.6 Å². The zero-order chi connectivity index (χ0) is 11.6. The molecular weight excluding hydrogens is 226 g/mol. The molecule has 1 aromatic carbocycles. The van der Waals surface area contributed by atoms with Crippen LogP contribution in [0.4, 0.5) is 0 Å². The van der Waals surface area contributed by atoms with Crippen LogP contribution in [0, 0.1) is 0 Å². The van der Waals surface area contributed by atoms with Crippen molar-refractivity contribution in [1.82, 2.24) is 5.32 Å². The average molecular weight is 242 g/mol. The van der Waals surface area contributed by atoms with Crippen LogP contribution in [0.25, 0.3) is 0 Å². The van der Waals surface area contributed by atoms with Crippen LogP contribution in [0.2, 0.25) is 5.02 Å². The fraction of sp³-hybridized carbons (Fsp3) is 0.500. The molecule has 0 aromatic heterocycles. The second-order valence-corrected chi connectivity index (χ2v) is 4.81. The molecule has 1 heterocycles. The van der Waals surface area contributed by atoms with Crippen LogP contribution in [-0.4, -0.2) is 29.9 Å². The first-order valence-corrected chi connectivity index (χ1v) is 5.81. The molecule has 16 heavy (non-hydrogen) atoms. The molecule has 88 valence electrons. The van der Waals surface area contributed by atoms with Crippen molar-refractivity contribution in [2.24, 2.45) is 0 Å². The van der Waals surface area contributed by atoms with Crippen molar-refractivity contribution in [3.63, 3.8) is 0 Å². The minimum atomic E-state index is -0.784. The number of hydrogen-bond donors (Lipinski definition) is 2. The molecule has 0 amide bonds. The highest BCUT2D eigenvalue weighted by molar-refractivity contribution is 6.30. The van der Waals surface area contributed by atoms with E-state index in [2.05, 4.69) is 5.32 Å². The van der Waals surface area contributed by atoms with Gasteiger partial charge in [0.1, 0.15) is 17.5 Å². The summed E-state index contributed by atoms with van der Waals surface area (Å²) in [6.45, 7) is 3.28. The Bertz CT molecular complexity index is 368. The van der Waals surface area contributed by atoms with Crippen LogP contribution < -0.4 is 10.1 Å². The number of hydrogen-bond acceptors (Lipinski definition) is 3. The molecule has 0 saturated carbocycles. The van der Waals surface area contributed by atoms with Crippen molar-refractivity contribution >= 4 is 11.6 Å². The summed E-state index contributed by atoms with van der Waals surface area (Å²) < 4.78 is 5.75. The summed E-state index contributed by atoms with van der Waals surface area (Å²) in [6.07, 6.45) is 0.456. The smallest absolute Gasteiger partial charge is 0.139 e. The van der Waals surface area contributed by atoms with E-state index in [4.69, 9.17) is 16.3 Å². The van der Waals surface area contributed by atoms with Gasteiger partial charge in [0, 0.05) is 11.6 Å². The molecule has 3 nitrogen and oxygen atoms in total. The maximum Gasteiger partial charge on any atom is 0.139 e. The van der Waals surface area contributed by atoms with Crippen LogP contribution in [0.1, 0.15) is 13.3 Å². The molecule has 1 aliphatic rings. The monoisotopic (exact) mass is 241 g/mol. The largest absolute Gasteiger partial charge is 0.486 e. The number of benzene rings is 1. The van der Waals surface area contributed by atoms with Crippen LogP contribution in [0.5, 0.6) is 5.75 Å². The Balaban J connectivity index is 2.08. The van der Waals surface area contributed by atoms with E-state index in [-0.39, 0.29) is 6.10 Å². The van der Waals surface area contributed by atoms with Crippen LogP contribution in [-0.2, 0) is 0 Å². The lowest BCUT2D eigenvalue weighted by Gasteiger charge is -2.37. The number of nitrogens with one attached hydrogen (secondary N) is 1. The number of halogens is 1. The Morgan fingerprint density at radius 3 is 3.06 bits per heavy atom. The van der Waals surface area contributed by atoms with Gasteiger partial charge in [-0.25, -0.2) is 0 Å². The van der Waals surface area contributed by atoms with Crippen molar-refractivity contribution in [1.29, 1.82) is 0 Å². The lowest BCUT2D eigenvalue weighted by atomic mass is 9.92. The summed E-state index contributed by atoms with van der Waals surface area (Å²) in [5.41, 5.74) is -0.784. The SMILES string of the molecule is C[C@]1(O)CCNC[C@@H]1Oc1cccc(Cl)c1. The van der Waals surface area contributed by atoms with Gasteiger partial charge >= 0.3 is 0 Å². The second kappa shape index (κ2) is 4.62. The summed E-state index contributed by atoms with van der Waals surface area (Å²) in [6, 6.07) is 7.23. The third kappa shape index (κ3) is 2.67. The Hall–Kier alpha value is -0.770. The molecule has 0 aliphatic carbocycles. The first-order chi connectivity index (χ1) is 7.58. The van der Waals surface area contributed by atoms with Crippen LogP contribution in [0.3, 0.4) is 0 Å². The molecule has 2 N–H and O–H groups in total. The van der Waals surface area contributed by atoms with E-state index in [0.717, 1.165) is 6.54 Å². The van der Waals surface area contributed by atoms with Gasteiger partial charge in [-0.05, 0) is 38.1 Å². The Kier molecular flexibility index (Phi) is 3.38. The Labute approximate surface area is 100 Å².